The van der Waals surface area contributed by atoms with Crippen molar-refractivity contribution in [2.24, 2.45) is 0 Å². The summed E-state index contributed by atoms with van der Waals surface area (Å²) in [5, 5.41) is 5.09. The summed E-state index contributed by atoms with van der Waals surface area (Å²) in [6, 6.07) is 13.6. The predicted octanol–water partition coefficient (Wildman–Crippen LogP) is 4.36. The van der Waals surface area contributed by atoms with E-state index >= 15 is 0 Å². The number of rotatable bonds is 5. The molecule has 0 saturated heterocycles. The normalized spacial score (nSPS) is 13.1. The van der Waals surface area contributed by atoms with E-state index in [0.717, 1.165) is 25.2 Å². The molecule has 1 aliphatic heterocycles. The number of carbonyl (C=O) groups excluding carboxylic acids is 1. The van der Waals surface area contributed by atoms with Gasteiger partial charge in [0.05, 0.1) is 6.61 Å². The topological polar surface area (TPSA) is 54.5 Å². The molecule has 0 aliphatic carbocycles. The van der Waals surface area contributed by atoms with Gasteiger partial charge in [0.2, 0.25) is 5.88 Å². The molecule has 3 heterocycles. The number of nitrogens with one attached hydrogen (secondary N) is 1. The first-order valence-corrected chi connectivity index (χ1v) is 9.92. The van der Waals surface area contributed by atoms with Gasteiger partial charge in [0.15, 0.2) is 0 Å². The first kappa shape index (κ1) is 17.5. The number of anilines is 2. The van der Waals surface area contributed by atoms with Crippen molar-refractivity contribution in [3.05, 3.63) is 70.0 Å². The van der Waals surface area contributed by atoms with Gasteiger partial charge in [-0.3, -0.25) is 4.79 Å². The van der Waals surface area contributed by atoms with Gasteiger partial charge in [0.25, 0.3) is 5.91 Å². The molecule has 5 nitrogen and oxygen atoms in total. The van der Waals surface area contributed by atoms with Crippen LogP contribution in [0, 0.1) is 0 Å². The lowest BCUT2D eigenvalue weighted by Crippen LogP contribution is -2.29. The molecule has 0 atom stereocenters. The summed E-state index contributed by atoms with van der Waals surface area (Å²) in [4.78, 5) is 20.6. The molecule has 0 spiro atoms. The van der Waals surface area contributed by atoms with Gasteiger partial charge in [-0.1, -0.05) is 0 Å². The van der Waals surface area contributed by atoms with Crippen LogP contribution >= 0.6 is 11.3 Å². The van der Waals surface area contributed by atoms with Crippen LogP contribution in [0.1, 0.15) is 27.7 Å². The van der Waals surface area contributed by atoms with E-state index in [1.807, 2.05) is 30.4 Å². The molecule has 1 amide bonds. The van der Waals surface area contributed by atoms with Crippen LogP contribution in [0.15, 0.2) is 54.0 Å². The summed E-state index contributed by atoms with van der Waals surface area (Å²) < 4.78 is 5.44. The van der Waals surface area contributed by atoms with E-state index in [9.17, 15) is 4.79 Å². The third kappa shape index (κ3) is 3.80. The fourth-order valence-corrected chi connectivity index (χ4v) is 4.13. The molecule has 1 aromatic carbocycles. The van der Waals surface area contributed by atoms with Crippen molar-refractivity contribution in [1.82, 2.24) is 4.98 Å². The predicted molar refractivity (Wildman–Crippen MR) is 109 cm³/mol. The molecular weight excluding hydrogens is 358 g/mol. The third-order valence-corrected chi connectivity index (χ3v) is 5.62. The maximum atomic E-state index is 12.6. The van der Waals surface area contributed by atoms with E-state index in [4.69, 9.17) is 4.74 Å². The Morgan fingerprint density at radius 3 is 2.93 bits per heavy atom. The number of thiophene rings is 1. The van der Waals surface area contributed by atoms with Crippen LogP contribution in [-0.2, 0) is 13.0 Å². The average Bonchev–Trinajstić information content (AvgIpc) is 3.17. The van der Waals surface area contributed by atoms with Crippen molar-refractivity contribution in [3.8, 4) is 5.88 Å². The van der Waals surface area contributed by atoms with Crippen LogP contribution < -0.4 is 15.0 Å². The second kappa shape index (κ2) is 7.80. The highest BCUT2D eigenvalue weighted by atomic mass is 32.1. The van der Waals surface area contributed by atoms with E-state index in [-0.39, 0.29) is 5.91 Å². The summed E-state index contributed by atoms with van der Waals surface area (Å²) in [7, 11) is 0. The van der Waals surface area contributed by atoms with Crippen molar-refractivity contribution in [2.45, 2.75) is 19.9 Å². The maximum Gasteiger partial charge on any atom is 0.261 e. The Morgan fingerprint density at radius 2 is 2.11 bits per heavy atom. The molecule has 27 heavy (non-hydrogen) atoms. The molecule has 0 bridgehead atoms. The summed E-state index contributed by atoms with van der Waals surface area (Å²) >= 11 is 1.84. The number of aromatic nitrogens is 1. The molecule has 0 radical (unpaired) electrons. The molecule has 1 aliphatic rings. The Labute approximate surface area is 162 Å². The lowest BCUT2D eigenvalue weighted by Gasteiger charge is -2.29. The Bertz CT molecular complexity index is 937. The Balaban J connectivity index is 1.45. The molecule has 4 rings (SSSR count). The van der Waals surface area contributed by atoms with Crippen LogP contribution in [-0.4, -0.2) is 24.0 Å². The van der Waals surface area contributed by atoms with Crippen LogP contribution in [0.4, 0.5) is 11.4 Å². The zero-order chi connectivity index (χ0) is 18.6. The minimum Gasteiger partial charge on any atom is -0.477 e. The molecule has 0 fully saturated rings. The minimum atomic E-state index is -0.222. The first-order valence-electron chi connectivity index (χ1n) is 9.04. The average molecular weight is 379 g/mol. The molecule has 0 saturated carbocycles. The summed E-state index contributed by atoms with van der Waals surface area (Å²) in [6.07, 6.45) is 2.71. The molecule has 6 heteroatoms. The zero-order valence-electron chi connectivity index (χ0n) is 15.1. The van der Waals surface area contributed by atoms with Gasteiger partial charge in [0.1, 0.15) is 5.56 Å². The van der Waals surface area contributed by atoms with Gasteiger partial charge in [-0.2, -0.15) is 0 Å². The van der Waals surface area contributed by atoms with Crippen molar-refractivity contribution in [2.75, 3.05) is 23.4 Å². The van der Waals surface area contributed by atoms with Gasteiger partial charge in [-0.05, 0) is 66.8 Å². The van der Waals surface area contributed by atoms with Crippen molar-refractivity contribution >= 4 is 28.6 Å². The molecule has 3 aromatic rings. The Kier molecular flexibility index (Phi) is 5.07. The number of ether oxygens (including phenoxy) is 1. The zero-order valence-corrected chi connectivity index (χ0v) is 16.0. The minimum absolute atomic E-state index is 0.222. The second-order valence-corrected chi connectivity index (χ2v) is 7.33. The van der Waals surface area contributed by atoms with E-state index in [0.29, 0.717) is 18.1 Å². The number of pyridine rings is 1. The number of carbonyl (C=O) groups is 1. The fourth-order valence-electron chi connectivity index (χ4n) is 3.24. The van der Waals surface area contributed by atoms with E-state index in [1.54, 1.807) is 18.3 Å². The van der Waals surface area contributed by atoms with E-state index < -0.39 is 0 Å². The summed E-state index contributed by atoms with van der Waals surface area (Å²) in [5.74, 6) is 0.134. The SMILES string of the molecule is CCOc1ncccc1C(=O)Nc1ccc(N2CCc3sccc3C2)cc1. The molecule has 138 valence electrons. The van der Waals surface area contributed by atoms with Gasteiger partial charge < -0.3 is 15.0 Å². The van der Waals surface area contributed by atoms with Crippen LogP contribution in [0.25, 0.3) is 0 Å². The quantitative estimate of drug-likeness (QED) is 0.716. The second-order valence-electron chi connectivity index (χ2n) is 6.33. The van der Waals surface area contributed by atoms with Crippen molar-refractivity contribution < 1.29 is 9.53 Å². The molecular formula is C21H21N3O2S. The number of benzene rings is 1. The largest absolute Gasteiger partial charge is 0.477 e. The number of hydrogen-bond acceptors (Lipinski definition) is 5. The maximum absolute atomic E-state index is 12.6. The van der Waals surface area contributed by atoms with Crippen LogP contribution in [0.2, 0.25) is 0 Å². The number of fused-ring (bicyclic) bond motifs is 1. The third-order valence-electron chi connectivity index (χ3n) is 4.59. The summed E-state index contributed by atoms with van der Waals surface area (Å²) in [5.41, 5.74) is 3.78. The van der Waals surface area contributed by atoms with Crippen LogP contribution in [0.5, 0.6) is 5.88 Å². The first-order chi connectivity index (χ1) is 13.2. The lowest BCUT2D eigenvalue weighted by molar-refractivity contribution is 0.102. The monoisotopic (exact) mass is 379 g/mol. The molecule has 1 N–H and O–H groups in total. The standard InChI is InChI=1S/C21H21N3O2S/c1-2-26-21-18(4-3-11-22-21)20(25)23-16-5-7-17(8-6-16)24-12-9-19-15(14-24)10-13-27-19/h3-8,10-11,13H,2,9,12,14H2,1H3,(H,23,25). The number of hydrogen-bond donors (Lipinski definition) is 1. The fraction of sp³-hybridized carbons (Fsp3) is 0.238. The lowest BCUT2D eigenvalue weighted by atomic mass is 10.1. The highest BCUT2D eigenvalue weighted by Crippen LogP contribution is 2.28. The van der Waals surface area contributed by atoms with Crippen molar-refractivity contribution in [1.29, 1.82) is 0 Å². The highest BCUT2D eigenvalue weighted by molar-refractivity contribution is 7.10. The van der Waals surface area contributed by atoms with E-state index in [2.05, 4.69) is 38.8 Å². The van der Waals surface area contributed by atoms with Crippen LogP contribution in [0.3, 0.4) is 0 Å². The Hall–Kier alpha value is -2.86. The van der Waals surface area contributed by atoms with Crippen molar-refractivity contribution in [3.63, 3.8) is 0 Å². The summed E-state index contributed by atoms with van der Waals surface area (Å²) in [6.45, 7) is 4.30. The molecule has 0 unspecified atom stereocenters. The Morgan fingerprint density at radius 1 is 1.26 bits per heavy atom. The van der Waals surface area contributed by atoms with Gasteiger partial charge >= 0.3 is 0 Å². The number of nitrogens with zero attached hydrogens (tertiary/aromatic N) is 2. The molecule has 2 aromatic heterocycles. The smallest absolute Gasteiger partial charge is 0.261 e. The van der Waals surface area contributed by atoms with Gasteiger partial charge in [0, 0.05) is 35.5 Å². The number of amides is 1. The highest BCUT2D eigenvalue weighted by Gasteiger charge is 2.18. The van der Waals surface area contributed by atoms with Gasteiger partial charge in [-0.25, -0.2) is 4.98 Å². The van der Waals surface area contributed by atoms with Gasteiger partial charge in [-0.15, -0.1) is 11.3 Å². The van der Waals surface area contributed by atoms with E-state index in [1.165, 1.54) is 16.1 Å².